The Labute approximate surface area is 130 Å². The molecule has 2 rings (SSSR count). The van der Waals surface area contributed by atoms with E-state index in [1.807, 2.05) is 30.3 Å². The Bertz CT molecular complexity index is 526. The highest BCUT2D eigenvalue weighted by Gasteiger charge is 2.16. The van der Waals surface area contributed by atoms with Crippen LogP contribution in [0.4, 0.5) is 0 Å². The Morgan fingerprint density at radius 2 is 2.00 bits per heavy atom. The molecular weight excluding hydrogens is 282 g/mol. The highest BCUT2D eigenvalue weighted by Crippen LogP contribution is 2.20. The van der Waals surface area contributed by atoms with Gasteiger partial charge >= 0.3 is 0 Å². The van der Waals surface area contributed by atoms with Crippen LogP contribution in [0.1, 0.15) is 27.2 Å². The molecule has 0 bridgehead atoms. The molecule has 0 aliphatic rings. The summed E-state index contributed by atoms with van der Waals surface area (Å²) >= 11 is 1.70. The van der Waals surface area contributed by atoms with Crippen LogP contribution >= 0.6 is 11.8 Å². The minimum Gasteiger partial charge on any atom is -0.313 e. The Morgan fingerprint density at radius 1 is 1.24 bits per heavy atom. The van der Waals surface area contributed by atoms with Crippen LogP contribution in [0, 0.1) is 5.92 Å². The molecule has 1 unspecified atom stereocenters. The highest BCUT2D eigenvalue weighted by atomic mass is 32.2. The molecule has 6 heteroatoms. The fourth-order valence-electron chi connectivity index (χ4n) is 1.98. The lowest BCUT2D eigenvalue weighted by Crippen LogP contribution is -2.36. The number of nitrogens with zero attached hydrogens (tertiary/aromatic N) is 4. The number of benzene rings is 1. The number of aromatic nitrogens is 4. The Balaban J connectivity index is 2.02. The molecule has 114 valence electrons. The first-order valence-corrected chi connectivity index (χ1v) is 8.41. The molecule has 21 heavy (non-hydrogen) atoms. The molecule has 0 aliphatic carbocycles. The van der Waals surface area contributed by atoms with E-state index in [1.165, 1.54) is 0 Å². The number of nitrogens with one attached hydrogen (secondary N) is 1. The van der Waals surface area contributed by atoms with E-state index in [1.54, 1.807) is 16.4 Å². The maximum absolute atomic E-state index is 4.14. The Kier molecular flexibility index (Phi) is 6.20. The van der Waals surface area contributed by atoms with Gasteiger partial charge in [0.15, 0.2) is 0 Å². The molecule has 2 aromatic rings. The fraction of sp³-hybridized carbons (Fsp3) is 0.533. The molecular formula is C15H23N5S. The molecule has 1 N–H and O–H groups in total. The third kappa shape index (κ3) is 4.54. The summed E-state index contributed by atoms with van der Waals surface area (Å²) in [5, 5.41) is 16.5. The largest absolute Gasteiger partial charge is 0.313 e. The summed E-state index contributed by atoms with van der Waals surface area (Å²) in [6, 6.07) is 10.5. The fourth-order valence-corrected chi connectivity index (χ4v) is 3.17. The standard InChI is InChI=1S/C15H23N5S/c1-4-10-16-14(12(2)3)11-21-15-17-18-19-20(15)13-8-6-5-7-9-13/h5-9,12,14,16H,4,10-11H2,1-3H3. The van der Waals surface area contributed by atoms with Crippen LogP contribution in [-0.4, -0.2) is 38.5 Å². The summed E-state index contributed by atoms with van der Waals surface area (Å²) in [6.45, 7) is 7.72. The van der Waals surface area contributed by atoms with E-state index >= 15 is 0 Å². The molecule has 0 spiro atoms. The lowest BCUT2D eigenvalue weighted by molar-refractivity contribution is 0.433. The van der Waals surface area contributed by atoms with Gasteiger partial charge in [0.1, 0.15) is 0 Å². The summed E-state index contributed by atoms with van der Waals surface area (Å²) in [5.41, 5.74) is 0.993. The van der Waals surface area contributed by atoms with Crippen LogP contribution in [0.2, 0.25) is 0 Å². The Hall–Kier alpha value is -1.40. The number of tetrazole rings is 1. The van der Waals surface area contributed by atoms with E-state index in [4.69, 9.17) is 0 Å². The molecule has 1 aromatic heterocycles. The first kappa shape index (κ1) is 16.0. The third-order valence-electron chi connectivity index (χ3n) is 3.29. The molecule has 0 fully saturated rings. The zero-order chi connectivity index (χ0) is 15.1. The predicted octanol–water partition coefficient (Wildman–Crippen LogP) is 2.78. The second-order valence-electron chi connectivity index (χ2n) is 5.32. The maximum Gasteiger partial charge on any atom is 0.214 e. The van der Waals surface area contributed by atoms with Crippen LogP contribution < -0.4 is 5.32 Å². The second-order valence-corrected chi connectivity index (χ2v) is 6.31. The average Bonchev–Trinajstić information content (AvgIpc) is 2.96. The molecule has 0 saturated heterocycles. The van der Waals surface area contributed by atoms with Gasteiger partial charge in [0, 0.05) is 11.8 Å². The highest BCUT2D eigenvalue weighted by molar-refractivity contribution is 7.99. The van der Waals surface area contributed by atoms with Crippen molar-refractivity contribution in [3.63, 3.8) is 0 Å². The zero-order valence-corrected chi connectivity index (χ0v) is 13.7. The summed E-state index contributed by atoms with van der Waals surface area (Å²) < 4.78 is 1.79. The third-order valence-corrected chi connectivity index (χ3v) is 4.33. The van der Waals surface area contributed by atoms with Crippen molar-refractivity contribution in [3.8, 4) is 5.69 Å². The number of hydrogen-bond donors (Lipinski definition) is 1. The van der Waals surface area contributed by atoms with E-state index in [-0.39, 0.29) is 0 Å². The summed E-state index contributed by atoms with van der Waals surface area (Å²) in [4.78, 5) is 0. The lowest BCUT2D eigenvalue weighted by atomic mass is 10.1. The van der Waals surface area contributed by atoms with Crippen LogP contribution in [0.25, 0.3) is 5.69 Å². The molecule has 0 radical (unpaired) electrons. The number of hydrogen-bond acceptors (Lipinski definition) is 5. The molecule has 1 aromatic carbocycles. The smallest absolute Gasteiger partial charge is 0.214 e. The van der Waals surface area contributed by atoms with Crippen molar-refractivity contribution in [3.05, 3.63) is 30.3 Å². The van der Waals surface area contributed by atoms with Gasteiger partial charge in [-0.05, 0) is 41.4 Å². The normalized spacial score (nSPS) is 12.8. The number of thioether (sulfide) groups is 1. The van der Waals surface area contributed by atoms with E-state index in [0.717, 1.165) is 29.6 Å². The molecule has 1 heterocycles. The minimum absolute atomic E-state index is 0.468. The van der Waals surface area contributed by atoms with Gasteiger partial charge in [0.25, 0.3) is 0 Å². The SMILES string of the molecule is CCCNC(CSc1nnnn1-c1ccccc1)C(C)C. The van der Waals surface area contributed by atoms with Crippen LogP contribution in [-0.2, 0) is 0 Å². The summed E-state index contributed by atoms with van der Waals surface area (Å²) in [5.74, 6) is 1.55. The molecule has 0 saturated carbocycles. The van der Waals surface area contributed by atoms with Gasteiger partial charge in [-0.3, -0.25) is 0 Å². The van der Waals surface area contributed by atoms with Crippen molar-refractivity contribution in [2.75, 3.05) is 12.3 Å². The van der Waals surface area contributed by atoms with Gasteiger partial charge in [-0.2, -0.15) is 4.68 Å². The van der Waals surface area contributed by atoms with Gasteiger partial charge in [-0.25, -0.2) is 0 Å². The van der Waals surface area contributed by atoms with Crippen molar-refractivity contribution < 1.29 is 0 Å². The second kappa shape index (κ2) is 8.14. The monoisotopic (exact) mass is 305 g/mol. The van der Waals surface area contributed by atoms with Crippen LogP contribution in [0.3, 0.4) is 0 Å². The van der Waals surface area contributed by atoms with Crippen molar-refractivity contribution in [2.24, 2.45) is 5.92 Å². The van der Waals surface area contributed by atoms with Gasteiger partial charge in [0.2, 0.25) is 5.16 Å². The summed E-state index contributed by atoms with van der Waals surface area (Å²) in [6.07, 6.45) is 1.15. The zero-order valence-electron chi connectivity index (χ0n) is 12.9. The summed E-state index contributed by atoms with van der Waals surface area (Å²) in [7, 11) is 0. The number of rotatable bonds is 8. The van der Waals surface area contributed by atoms with Crippen LogP contribution in [0.15, 0.2) is 35.5 Å². The van der Waals surface area contributed by atoms with Gasteiger partial charge in [0.05, 0.1) is 5.69 Å². The van der Waals surface area contributed by atoms with E-state index in [0.29, 0.717) is 12.0 Å². The first-order valence-electron chi connectivity index (χ1n) is 7.42. The van der Waals surface area contributed by atoms with Gasteiger partial charge < -0.3 is 5.32 Å². The van der Waals surface area contributed by atoms with Crippen molar-refractivity contribution in [1.82, 2.24) is 25.5 Å². The minimum atomic E-state index is 0.468. The van der Waals surface area contributed by atoms with Crippen molar-refractivity contribution in [1.29, 1.82) is 0 Å². The Morgan fingerprint density at radius 3 is 2.67 bits per heavy atom. The van der Waals surface area contributed by atoms with Gasteiger partial charge in [-0.15, -0.1) is 5.10 Å². The lowest BCUT2D eigenvalue weighted by Gasteiger charge is -2.21. The quantitative estimate of drug-likeness (QED) is 0.760. The first-order chi connectivity index (χ1) is 10.2. The predicted molar refractivity (Wildman–Crippen MR) is 86.8 cm³/mol. The maximum atomic E-state index is 4.14. The van der Waals surface area contributed by atoms with E-state index < -0.39 is 0 Å². The topological polar surface area (TPSA) is 55.6 Å². The van der Waals surface area contributed by atoms with Gasteiger partial charge in [-0.1, -0.05) is 50.7 Å². The van der Waals surface area contributed by atoms with E-state index in [9.17, 15) is 0 Å². The van der Waals surface area contributed by atoms with Crippen molar-refractivity contribution in [2.45, 2.75) is 38.4 Å². The van der Waals surface area contributed by atoms with Crippen molar-refractivity contribution >= 4 is 11.8 Å². The molecule has 1 atom stereocenters. The molecule has 0 aliphatic heterocycles. The molecule has 0 amide bonds. The average molecular weight is 305 g/mol. The van der Waals surface area contributed by atoms with E-state index in [2.05, 4.69) is 41.6 Å². The molecule has 5 nitrogen and oxygen atoms in total. The van der Waals surface area contributed by atoms with Crippen LogP contribution in [0.5, 0.6) is 0 Å². The number of para-hydroxylation sites is 1.